The second-order valence-corrected chi connectivity index (χ2v) is 4.27. The lowest BCUT2D eigenvalue weighted by molar-refractivity contribution is 0.144. The van der Waals surface area contributed by atoms with Crippen LogP contribution in [0.4, 0.5) is 5.69 Å². The summed E-state index contributed by atoms with van der Waals surface area (Å²) in [5, 5.41) is 15.8. The molecule has 0 amide bonds. The van der Waals surface area contributed by atoms with Gasteiger partial charge in [0.15, 0.2) is 0 Å². The van der Waals surface area contributed by atoms with Crippen molar-refractivity contribution in [1.29, 1.82) is 0 Å². The molecule has 1 aliphatic rings. The lowest BCUT2D eigenvalue weighted by Gasteiger charge is -2.30. The molecule has 0 aliphatic carbocycles. The molecule has 2 rings (SSSR count). The molecule has 0 radical (unpaired) electrons. The lowest BCUT2D eigenvalue weighted by atomic mass is 10.2. The summed E-state index contributed by atoms with van der Waals surface area (Å²) in [5.41, 5.74) is 2.81. The largest absolute Gasteiger partial charge is 0.373 e. The van der Waals surface area contributed by atoms with Gasteiger partial charge in [0.2, 0.25) is 0 Å². The predicted molar refractivity (Wildman–Crippen MR) is 68.1 cm³/mol. The van der Waals surface area contributed by atoms with Crippen LogP contribution in [0.25, 0.3) is 0 Å². The molecular formula is C12H20N4O. The molecule has 5 heteroatoms. The first-order valence-electron chi connectivity index (χ1n) is 6.01. The van der Waals surface area contributed by atoms with Crippen molar-refractivity contribution in [3.05, 3.63) is 23.5 Å². The van der Waals surface area contributed by atoms with E-state index in [9.17, 15) is 5.11 Å². The van der Waals surface area contributed by atoms with Crippen molar-refractivity contribution in [2.75, 3.05) is 38.1 Å². The summed E-state index contributed by atoms with van der Waals surface area (Å²) >= 11 is 0. The van der Waals surface area contributed by atoms with Crippen molar-refractivity contribution >= 4 is 5.69 Å². The quantitative estimate of drug-likeness (QED) is 0.645. The molecule has 1 aromatic heterocycles. The van der Waals surface area contributed by atoms with Gasteiger partial charge >= 0.3 is 0 Å². The molecule has 2 heterocycles. The third kappa shape index (κ3) is 2.74. The highest BCUT2D eigenvalue weighted by Crippen LogP contribution is 2.20. The molecule has 94 valence electrons. The highest BCUT2D eigenvalue weighted by molar-refractivity contribution is 5.51. The Labute approximate surface area is 102 Å². The summed E-state index contributed by atoms with van der Waals surface area (Å²) in [6.45, 7) is 6.04. The monoisotopic (exact) mass is 236 g/mol. The number of rotatable bonds is 3. The van der Waals surface area contributed by atoms with E-state index in [1.54, 1.807) is 7.05 Å². The Morgan fingerprint density at radius 3 is 2.71 bits per heavy atom. The molecule has 0 aromatic carbocycles. The highest BCUT2D eigenvalue weighted by Gasteiger charge is 2.15. The number of aromatic nitrogens is 1. The number of piperazine rings is 1. The zero-order valence-electron chi connectivity index (χ0n) is 10.4. The molecule has 17 heavy (non-hydrogen) atoms. The number of aliphatic hydroxyl groups is 1. The Morgan fingerprint density at radius 1 is 1.41 bits per heavy atom. The Morgan fingerprint density at radius 2 is 2.12 bits per heavy atom. The second-order valence-electron chi connectivity index (χ2n) is 4.27. The van der Waals surface area contributed by atoms with E-state index in [0.29, 0.717) is 5.69 Å². The smallest absolute Gasteiger partial charge is 0.147 e. The van der Waals surface area contributed by atoms with Crippen LogP contribution in [0.5, 0.6) is 0 Å². The van der Waals surface area contributed by atoms with E-state index in [0.717, 1.165) is 31.9 Å². The van der Waals surface area contributed by atoms with Gasteiger partial charge in [0.25, 0.3) is 0 Å². The van der Waals surface area contributed by atoms with Crippen LogP contribution in [0, 0.1) is 6.92 Å². The van der Waals surface area contributed by atoms with E-state index in [2.05, 4.69) is 20.5 Å². The molecule has 0 saturated carbocycles. The SMILES string of the molecule is CNC(O)c1ccc(N2CCNCC2)c(C)n1. The number of pyridine rings is 1. The molecule has 5 nitrogen and oxygen atoms in total. The van der Waals surface area contributed by atoms with Crippen LogP contribution in [0.2, 0.25) is 0 Å². The van der Waals surface area contributed by atoms with Crippen LogP contribution in [-0.2, 0) is 0 Å². The van der Waals surface area contributed by atoms with E-state index in [-0.39, 0.29) is 0 Å². The van der Waals surface area contributed by atoms with E-state index in [1.165, 1.54) is 5.69 Å². The number of nitrogens with zero attached hydrogens (tertiary/aromatic N) is 2. The van der Waals surface area contributed by atoms with Crippen LogP contribution in [0.15, 0.2) is 12.1 Å². The average Bonchev–Trinajstić information content (AvgIpc) is 2.38. The van der Waals surface area contributed by atoms with Gasteiger partial charge in [0.05, 0.1) is 17.1 Å². The van der Waals surface area contributed by atoms with E-state index in [4.69, 9.17) is 0 Å². The van der Waals surface area contributed by atoms with Gasteiger partial charge in [-0.15, -0.1) is 0 Å². The van der Waals surface area contributed by atoms with Gasteiger partial charge in [-0.3, -0.25) is 10.3 Å². The first-order chi connectivity index (χ1) is 8.22. The van der Waals surface area contributed by atoms with Crippen LogP contribution in [0.1, 0.15) is 17.6 Å². The zero-order valence-corrected chi connectivity index (χ0v) is 10.4. The average molecular weight is 236 g/mol. The first-order valence-corrected chi connectivity index (χ1v) is 6.01. The standard InChI is InChI=1S/C12H20N4O/c1-9-11(16-7-5-14-6-8-16)4-3-10(15-9)12(17)13-2/h3-4,12-14,17H,5-8H2,1-2H3. The van der Waals surface area contributed by atoms with Crippen LogP contribution in [-0.4, -0.2) is 43.3 Å². The van der Waals surface area contributed by atoms with E-state index >= 15 is 0 Å². The fourth-order valence-electron chi connectivity index (χ4n) is 2.11. The Kier molecular flexibility index (Phi) is 3.93. The number of nitrogens with one attached hydrogen (secondary N) is 2. The summed E-state index contributed by atoms with van der Waals surface area (Å²) < 4.78 is 0. The second kappa shape index (κ2) is 5.44. The number of aryl methyl sites for hydroxylation is 1. The Hall–Kier alpha value is -1.17. The highest BCUT2D eigenvalue weighted by atomic mass is 16.3. The van der Waals surface area contributed by atoms with Crippen molar-refractivity contribution in [2.45, 2.75) is 13.2 Å². The van der Waals surface area contributed by atoms with Gasteiger partial charge in [-0.25, -0.2) is 0 Å². The predicted octanol–water partition coefficient (Wildman–Crippen LogP) is 0.00992. The van der Waals surface area contributed by atoms with Crippen molar-refractivity contribution in [2.24, 2.45) is 0 Å². The maximum Gasteiger partial charge on any atom is 0.147 e. The summed E-state index contributed by atoms with van der Waals surface area (Å²) in [6.07, 6.45) is -0.689. The van der Waals surface area contributed by atoms with Crippen molar-refractivity contribution in [3.63, 3.8) is 0 Å². The van der Waals surface area contributed by atoms with Gasteiger partial charge in [0.1, 0.15) is 6.23 Å². The van der Waals surface area contributed by atoms with Gasteiger partial charge in [-0.05, 0) is 26.1 Å². The maximum absolute atomic E-state index is 9.66. The molecule has 1 unspecified atom stereocenters. The molecule has 1 aliphatic heterocycles. The fraction of sp³-hybridized carbons (Fsp3) is 0.583. The molecule has 3 N–H and O–H groups in total. The third-order valence-electron chi connectivity index (χ3n) is 3.09. The van der Waals surface area contributed by atoms with Crippen molar-refractivity contribution < 1.29 is 5.11 Å². The van der Waals surface area contributed by atoms with E-state index < -0.39 is 6.23 Å². The van der Waals surface area contributed by atoms with E-state index in [1.807, 2.05) is 19.1 Å². The van der Waals surface area contributed by atoms with Crippen LogP contribution in [0.3, 0.4) is 0 Å². The number of aliphatic hydroxyl groups excluding tert-OH is 1. The zero-order chi connectivity index (χ0) is 12.3. The summed E-state index contributed by atoms with van der Waals surface area (Å²) in [5.74, 6) is 0. The van der Waals surface area contributed by atoms with Gasteiger partial charge in [-0.1, -0.05) is 0 Å². The topological polar surface area (TPSA) is 60.4 Å². The first kappa shape index (κ1) is 12.3. The van der Waals surface area contributed by atoms with Gasteiger partial charge in [-0.2, -0.15) is 0 Å². The minimum Gasteiger partial charge on any atom is -0.373 e. The molecule has 1 atom stereocenters. The molecule has 1 aromatic rings. The fourth-order valence-corrected chi connectivity index (χ4v) is 2.11. The maximum atomic E-state index is 9.66. The Bertz CT molecular complexity index is 377. The number of hydrogen-bond donors (Lipinski definition) is 3. The lowest BCUT2D eigenvalue weighted by Crippen LogP contribution is -2.43. The summed E-state index contributed by atoms with van der Waals surface area (Å²) in [4.78, 5) is 6.77. The number of hydrogen-bond acceptors (Lipinski definition) is 5. The normalized spacial score (nSPS) is 18.2. The Balaban J connectivity index is 2.18. The summed E-state index contributed by atoms with van der Waals surface area (Å²) in [6, 6.07) is 3.93. The van der Waals surface area contributed by atoms with Gasteiger partial charge in [0, 0.05) is 26.2 Å². The minimum absolute atomic E-state index is 0.670. The summed E-state index contributed by atoms with van der Waals surface area (Å²) in [7, 11) is 1.71. The molecule has 1 fully saturated rings. The molecule has 1 saturated heterocycles. The minimum atomic E-state index is -0.689. The number of anilines is 1. The third-order valence-corrected chi connectivity index (χ3v) is 3.09. The molecule has 0 bridgehead atoms. The molecule has 0 spiro atoms. The van der Waals surface area contributed by atoms with Crippen molar-refractivity contribution in [1.82, 2.24) is 15.6 Å². The van der Waals surface area contributed by atoms with Crippen molar-refractivity contribution in [3.8, 4) is 0 Å². The molecular weight excluding hydrogens is 216 g/mol. The van der Waals surface area contributed by atoms with Gasteiger partial charge < -0.3 is 15.3 Å². The van der Waals surface area contributed by atoms with Crippen LogP contribution < -0.4 is 15.5 Å². The van der Waals surface area contributed by atoms with Crippen LogP contribution >= 0.6 is 0 Å².